The van der Waals surface area contributed by atoms with Crippen molar-refractivity contribution in [3.8, 4) is 67.2 Å². The maximum absolute atomic E-state index is 6.62. The van der Waals surface area contributed by atoms with Crippen LogP contribution >= 0.6 is 11.3 Å². The molecule has 0 unspecified atom stereocenters. The molecule has 1 spiro atoms. The van der Waals surface area contributed by atoms with E-state index in [1.54, 1.807) is 0 Å². The Bertz CT molecular complexity index is 3820. The normalized spacial score (nSPS) is 13.2. The van der Waals surface area contributed by atoms with E-state index < -0.39 is 0 Å². The number of furan rings is 1. The molecular formula is C59H34N2OS. The van der Waals surface area contributed by atoms with Gasteiger partial charge in [0, 0.05) is 36.7 Å². The fourth-order valence-corrected chi connectivity index (χ4v) is 12.0. The topological polar surface area (TPSA) is 38.9 Å². The molecule has 0 fully saturated rings. The molecule has 0 bridgehead atoms. The second-order valence-corrected chi connectivity index (χ2v) is 17.8. The van der Waals surface area contributed by atoms with Gasteiger partial charge in [0.25, 0.3) is 0 Å². The van der Waals surface area contributed by atoms with Crippen molar-refractivity contribution in [3.05, 3.63) is 229 Å². The molecule has 2 aliphatic rings. The summed E-state index contributed by atoms with van der Waals surface area (Å²) >= 11 is 1.82. The summed E-state index contributed by atoms with van der Waals surface area (Å²) in [5.74, 6) is 0.682. The zero-order valence-electron chi connectivity index (χ0n) is 33.8. The van der Waals surface area contributed by atoms with E-state index in [9.17, 15) is 0 Å². The Kier molecular flexibility index (Phi) is 7.20. The van der Waals surface area contributed by atoms with E-state index in [4.69, 9.17) is 14.4 Å². The fourth-order valence-electron chi connectivity index (χ4n) is 10.8. The highest BCUT2D eigenvalue weighted by atomic mass is 32.1. The molecule has 0 saturated heterocycles. The van der Waals surface area contributed by atoms with Gasteiger partial charge >= 0.3 is 0 Å². The Morgan fingerprint density at radius 2 is 0.937 bits per heavy atom. The molecule has 0 atom stereocenters. The summed E-state index contributed by atoms with van der Waals surface area (Å²) < 4.78 is 9.06. The lowest BCUT2D eigenvalue weighted by molar-refractivity contribution is 0.667. The van der Waals surface area contributed by atoms with Crippen LogP contribution in [-0.2, 0) is 5.41 Å². The maximum atomic E-state index is 6.62. The van der Waals surface area contributed by atoms with Crippen molar-refractivity contribution in [2.75, 3.05) is 0 Å². The van der Waals surface area contributed by atoms with Crippen LogP contribution in [0.15, 0.2) is 211 Å². The summed E-state index contributed by atoms with van der Waals surface area (Å²) in [6, 6.07) is 74.9. The molecule has 0 radical (unpaired) electrons. The van der Waals surface area contributed by atoms with Crippen LogP contribution in [0.4, 0.5) is 0 Å². The van der Waals surface area contributed by atoms with Crippen molar-refractivity contribution in [1.82, 2.24) is 9.97 Å². The van der Waals surface area contributed by atoms with Crippen LogP contribution in [0.5, 0.6) is 0 Å². The van der Waals surface area contributed by atoms with Gasteiger partial charge in [0.1, 0.15) is 16.8 Å². The van der Waals surface area contributed by atoms with E-state index in [1.807, 2.05) is 23.5 Å². The molecule has 0 amide bonds. The minimum atomic E-state index is -0.358. The summed E-state index contributed by atoms with van der Waals surface area (Å²) in [5, 5.41) is 3.34. The Hall–Kier alpha value is -7.92. The average Bonchev–Trinajstić information content (AvgIpc) is 4.09. The second kappa shape index (κ2) is 13.0. The first kappa shape index (κ1) is 34.8. The molecule has 3 aromatic heterocycles. The van der Waals surface area contributed by atoms with E-state index in [-0.39, 0.29) is 5.41 Å². The highest BCUT2D eigenvalue weighted by Crippen LogP contribution is 2.63. The third-order valence-electron chi connectivity index (χ3n) is 13.5. The van der Waals surface area contributed by atoms with Crippen LogP contribution in [0.25, 0.3) is 109 Å². The largest absolute Gasteiger partial charge is 0.452 e. The predicted molar refractivity (Wildman–Crippen MR) is 260 cm³/mol. The molecule has 14 rings (SSSR count). The second-order valence-electron chi connectivity index (χ2n) is 16.8. The van der Waals surface area contributed by atoms with Gasteiger partial charge in [-0.1, -0.05) is 170 Å². The lowest BCUT2D eigenvalue weighted by atomic mass is 9.70. The Morgan fingerprint density at radius 1 is 0.381 bits per heavy atom. The molecule has 0 N–H and O–H groups in total. The number of fused-ring (bicyclic) bond motifs is 16. The third-order valence-corrected chi connectivity index (χ3v) is 14.7. The van der Waals surface area contributed by atoms with E-state index in [2.05, 4.69) is 194 Å². The van der Waals surface area contributed by atoms with E-state index in [0.717, 1.165) is 44.4 Å². The lowest BCUT2D eigenvalue weighted by Gasteiger charge is -2.30. The Morgan fingerprint density at radius 3 is 1.67 bits per heavy atom. The number of hydrogen-bond acceptors (Lipinski definition) is 4. The summed E-state index contributed by atoms with van der Waals surface area (Å²) in [6.45, 7) is 0. The van der Waals surface area contributed by atoms with Crippen molar-refractivity contribution in [1.29, 1.82) is 0 Å². The zero-order valence-corrected chi connectivity index (χ0v) is 34.7. The van der Waals surface area contributed by atoms with Gasteiger partial charge in [0.15, 0.2) is 11.4 Å². The molecular weight excluding hydrogens is 785 g/mol. The molecule has 3 heterocycles. The standard InChI is InChI=1S/C59H34N2OS/c1-3-14-35(15-4-1)37-27-30-51-45(33-37)56-57(62-51)55(36-16-5-2-6-17-36)60-58(61-56)43-21-13-25-53-54(43)46-34-39(28-31-52(46)63-53)38-26-29-50-44(32-38)42-20-9-12-24-49(42)59(50)47-22-10-7-18-40(47)41-19-8-11-23-48(41)59/h1-34H. The van der Waals surface area contributed by atoms with Crippen LogP contribution in [-0.4, -0.2) is 9.97 Å². The Balaban J connectivity index is 0.961. The van der Waals surface area contributed by atoms with Crippen LogP contribution < -0.4 is 0 Å². The first-order valence-electron chi connectivity index (χ1n) is 21.5. The van der Waals surface area contributed by atoms with E-state index in [0.29, 0.717) is 11.4 Å². The molecule has 12 aromatic rings. The third kappa shape index (κ3) is 4.84. The van der Waals surface area contributed by atoms with Gasteiger partial charge in [0.2, 0.25) is 0 Å². The number of thiophene rings is 1. The van der Waals surface area contributed by atoms with Crippen molar-refractivity contribution >= 4 is 53.6 Å². The molecule has 0 aliphatic heterocycles. The average molecular weight is 819 g/mol. The molecule has 63 heavy (non-hydrogen) atoms. The molecule has 4 heteroatoms. The first-order valence-corrected chi connectivity index (χ1v) is 22.3. The van der Waals surface area contributed by atoms with Gasteiger partial charge in [0.05, 0.1) is 5.41 Å². The van der Waals surface area contributed by atoms with E-state index in [1.165, 1.54) is 75.8 Å². The smallest absolute Gasteiger partial charge is 0.180 e. The Labute approximate surface area is 367 Å². The number of rotatable bonds is 4. The number of benzene rings is 9. The van der Waals surface area contributed by atoms with Gasteiger partial charge in [-0.15, -0.1) is 11.3 Å². The SMILES string of the molecule is c1ccc(-c2ccc3oc4c(-c5ccccc5)nc(-c5cccc6sc7ccc(-c8ccc9c(c8)-c8ccccc8C98c9ccccc9-c9ccccc98)cc7c56)nc4c3c2)cc1. The molecule has 0 saturated carbocycles. The maximum Gasteiger partial charge on any atom is 0.180 e. The van der Waals surface area contributed by atoms with Crippen molar-refractivity contribution < 1.29 is 4.42 Å². The zero-order chi connectivity index (χ0) is 41.2. The monoisotopic (exact) mass is 818 g/mol. The van der Waals surface area contributed by atoms with Crippen molar-refractivity contribution in [2.45, 2.75) is 5.41 Å². The molecule has 3 nitrogen and oxygen atoms in total. The molecule has 2 aliphatic carbocycles. The first-order chi connectivity index (χ1) is 31.2. The van der Waals surface area contributed by atoms with Gasteiger partial charge < -0.3 is 4.42 Å². The predicted octanol–water partition coefficient (Wildman–Crippen LogP) is 15.8. The van der Waals surface area contributed by atoms with Crippen LogP contribution in [0.2, 0.25) is 0 Å². The van der Waals surface area contributed by atoms with Crippen LogP contribution in [0, 0.1) is 0 Å². The summed E-state index contributed by atoms with van der Waals surface area (Å²) in [7, 11) is 0. The summed E-state index contributed by atoms with van der Waals surface area (Å²) in [6.07, 6.45) is 0. The highest BCUT2D eigenvalue weighted by molar-refractivity contribution is 7.26. The molecule has 9 aromatic carbocycles. The highest BCUT2D eigenvalue weighted by Gasteiger charge is 2.51. The van der Waals surface area contributed by atoms with Crippen molar-refractivity contribution in [2.24, 2.45) is 0 Å². The van der Waals surface area contributed by atoms with Crippen LogP contribution in [0.1, 0.15) is 22.3 Å². The molecule has 292 valence electrons. The quantitative estimate of drug-likeness (QED) is 0.178. The number of nitrogens with zero attached hydrogens (tertiary/aromatic N) is 2. The van der Waals surface area contributed by atoms with E-state index >= 15 is 0 Å². The minimum absolute atomic E-state index is 0.358. The van der Waals surface area contributed by atoms with Gasteiger partial charge in [-0.2, -0.15) is 0 Å². The lowest BCUT2D eigenvalue weighted by Crippen LogP contribution is -2.25. The fraction of sp³-hybridized carbons (Fsp3) is 0.0169. The number of aromatic nitrogens is 2. The van der Waals surface area contributed by atoms with Crippen molar-refractivity contribution in [3.63, 3.8) is 0 Å². The van der Waals surface area contributed by atoms with Gasteiger partial charge in [-0.25, -0.2) is 9.97 Å². The summed E-state index contributed by atoms with van der Waals surface area (Å²) in [4.78, 5) is 10.8. The number of hydrogen-bond donors (Lipinski definition) is 0. The minimum Gasteiger partial charge on any atom is -0.452 e. The van der Waals surface area contributed by atoms with Gasteiger partial charge in [-0.05, 0) is 103 Å². The van der Waals surface area contributed by atoms with Gasteiger partial charge in [-0.3, -0.25) is 0 Å². The van der Waals surface area contributed by atoms with Crippen LogP contribution in [0.3, 0.4) is 0 Å². The summed E-state index contributed by atoms with van der Waals surface area (Å²) in [5.41, 5.74) is 20.0.